The van der Waals surface area contributed by atoms with Gasteiger partial charge in [-0.25, -0.2) is 9.78 Å². The highest BCUT2D eigenvalue weighted by Crippen LogP contribution is 2.28. The summed E-state index contributed by atoms with van der Waals surface area (Å²) >= 11 is 0. The zero-order valence-electron chi connectivity index (χ0n) is 14.6. The first kappa shape index (κ1) is 17.2. The number of ether oxygens (including phenoxy) is 1. The van der Waals surface area contributed by atoms with Gasteiger partial charge in [0, 0.05) is 12.2 Å². The zero-order valence-corrected chi connectivity index (χ0v) is 14.6. The number of aliphatic hydroxyl groups is 1. The minimum absolute atomic E-state index is 0.0196. The number of fused-ring (bicyclic) bond motifs is 1. The molecular formula is C18H22N4O3. The third kappa shape index (κ3) is 3.56. The van der Waals surface area contributed by atoms with Crippen LogP contribution in [0.1, 0.15) is 43.5 Å². The molecule has 132 valence electrons. The fourth-order valence-corrected chi connectivity index (χ4v) is 2.72. The van der Waals surface area contributed by atoms with Gasteiger partial charge in [-0.3, -0.25) is 4.90 Å². The first-order chi connectivity index (χ1) is 12.0. The zero-order chi connectivity index (χ0) is 18.0. The van der Waals surface area contributed by atoms with Crippen LogP contribution in [0, 0.1) is 0 Å². The van der Waals surface area contributed by atoms with Gasteiger partial charge in [-0.05, 0) is 31.9 Å². The van der Waals surface area contributed by atoms with Gasteiger partial charge in [0.25, 0.3) is 0 Å². The minimum Gasteiger partial charge on any atom is -0.444 e. The summed E-state index contributed by atoms with van der Waals surface area (Å²) in [6.45, 7) is 6.05. The number of amides is 1. The summed E-state index contributed by atoms with van der Waals surface area (Å²) in [6.07, 6.45) is 1.30. The Balaban J connectivity index is 1.82. The van der Waals surface area contributed by atoms with Gasteiger partial charge in [0.15, 0.2) is 0 Å². The molecule has 0 bridgehead atoms. The topological polar surface area (TPSA) is 87.6 Å². The largest absolute Gasteiger partial charge is 0.444 e. The number of benzene rings is 1. The smallest absolute Gasteiger partial charge is 0.416 e. The van der Waals surface area contributed by atoms with Crippen LogP contribution in [0.3, 0.4) is 0 Å². The number of nitrogens with one attached hydrogen (secondary N) is 1. The van der Waals surface area contributed by atoms with Crippen LogP contribution in [-0.2, 0) is 18.0 Å². The molecule has 2 N–H and O–H groups in total. The Kier molecular flexibility index (Phi) is 4.85. The summed E-state index contributed by atoms with van der Waals surface area (Å²) in [5.74, 6) is 1.05. The van der Waals surface area contributed by atoms with Gasteiger partial charge in [0.1, 0.15) is 12.4 Å². The van der Waals surface area contributed by atoms with E-state index in [1.54, 1.807) is 6.20 Å². The Morgan fingerprint density at radius 1 is 1.28 bits per heavy atom. The van der Waals surface area contributed by atoms with Gasteiger partial charge in [-0.15, -0.1) is 0 Å². The van der Waals surface area contributed by atoms with Gasteiger partial charge in [0.2, 0.25) is 5.95 Å². The molecule has 1 aliphatic rings. The molecule has 1 amide bonds. The number of hydrogen-bond donors (Lipinski definition) is 2. The molecule has 25 heavy (non-hydrogen) atoms. The number of hydrogen-bond acceptors (Lipinski definition) is 6. The van der Waals surface area contributed by atoms with Crippen LogP contribution in [0.15, 0.2) is 30.5 Å². The van der Waals surface area contributed by atoms with Crippen LogP contribution in [0.25, 0.3) is 0 Å². The highest BCUT2D eigenvalue weighted by molar-refractivity contribution is 5.89. The fraction of sp³-hybridized carbons (Fsp3) is 0.389. The lowest BCUT2D eigenvalue weighted by molar-refractivity contribution is 0.139. The van der Waals surface area contributed by atoms with Gasteiger partial charge in [0.05, 0.1) is 18.2 Å². The van der Waals surface area contributed by atoms with E-state index in [9.17, 15) is 4.79 Å². The Morgan fingerprint density at radius 2 is 2.00 bits per heavy atom. The molecular weight excluding hydrogens is 320 g/mol. The Bertz CT molecular complexity index is 761. The second-order valence-corrected chi connectivity index (χ2v) is 6.33. The summed E-state index contributed by atoms with van der Waals surface area (Å²) in [5.41, 5.74) is 2.71. The number of rotatable bonds is 5. The lowest BCUT2D eigenvalue weighted by Gasteiger charge is -2.30. The highest BCUT2D eigenvalue weighted by atomic mass is 16.6. The van der Waals surface area contributed by atoms with Crippen LogP contribution in [-0.4, -0.2) is 27.2 Å². The van der Waals surface area contributed by atoms with Gasteiger partial charge >= 0.3 is 6.09 Å². The molecule has 1 aromatic carbocycles. The molecule has 3 rings (SSSR count). The van der Waals surface area contributed by atoms with Crippen molar-refractivity contribution in [2.24, 2.45) is 0 Å². The molecule has 1 aromatic heterocycles. The molecule has 7 nitrogen and oxygen atoms in total. The molecule has 0 spiro atoms. The van der Waals surface area contributed by atoms with Crippen molar-refractivity contribution in [3.05, 3.63) is 47.2 Å². The molecule has 0 fully saturated rings. The number of aliphatic hydroxyl groups excluding tert-OH is 1. The average molecular weight is 342 g/mol. The monoisotopic (exact) mass is 342 g/mol. The normalized spacial score (nSPS) is 14.9. The van der Waals surface area contributed by atoms with E-state index < -0.39 is 0 Å². The number of carbonyl (C=O) groups excluding carboxylic acids is 1. The third-order valence-electron chi connectivity index (χ3n) is 4.14. The SMILES string of the molecule is CC(C)N1C(=O)OCc2cnc(N[C@@H](C)c3ccc(CO)cc3)nc21. The number of anilines is 2. The van der Waals surface area contributed by atoms with E-state index in [-0.39, 0.29) is 31.4 Å². The van der Waals surface area contributed by atoms with Crippen molar-refractivity contribution in [1.82, 2.24) is 9.97 Å². The standard InChI is InChI=1S/C18H22N4O3/c1-11(2)22-16-15(10-25-18(22)24)8-19-17(21-16)20-12(3)14-6-4-13(9-23)5-7-14/h4-8,11-12,23H,9-10H2,1-3H3,(H,19,20,21)/t12-/m0/s1. The lowest BCUT2D eigenvalue weighted by atomic mass is 10.1. The first-order valence-electron chi connectivity index (χ1n) is 8.27. The van der Waals surface area contributed by atoms with Crippen LogP contribution >= 0.6 is 0 Å². The number of carbonyl (C=O) groups is 1. The van der Waals surface area contributed by atoms with Crippen molar-refractivity contribution in [3.8, 4) is 0 Å². The van der Waals surface area contributed by atoms with Crippen molar-refractivity contribution in [2.75, 3.05) is 10.2 Å². The molecule has 0 radical (unpaired) electrons. The molecule has 0 unspecified atom stereocenters. The summed E-state index contributed by atoms with van der Waals surface area (Å²) < 4.78 is 5.16. The number of nitrogens with zero attached hydrogens (tertiary/aromatic N) is 3. The molecule has 0 saturated heterocycles. The molecule has 7 heteroatoms. The van der Waals surface area contributed by atoms with E-state index in [1.165, 1.54) is 4.90 Å². The second kappa shape index (κ2) is 7.06. The fourth-order valence-electron chi connectivity index (χ4n) is 2.72. The Morgan fingerprint density at radius 3 is 2.64 bits per heavy atom. The average Bonchev–Trinajstić information content (AvgIpc) is 2.61. The first-order valence-corrected chi connectivity index (χ1v) is 8.27. The van der Waals surface area contributed by atoms with Gasteiger partial charge in [-0.2, -0.15) is 4.98 Å². The van der Waals surface area contributed by atoms with Crippen molar-refractivity contribution in [2.45, 2.75) is 46.1 Å². The molecule has 0 saturated carbocycles. The highest BCUT2D eigenvalue weighted by Gasteiger charge is 2.30. The summed E-state index contributed by atoms with van der Waals surface area (Å²) in [4.78, 5) is 22.4. The maximum atomic E-state index is 12.0. The molecule has 1 atom stereocenters. The van der Waals surface area contributed by atoms with E-state index in [0.717, 1.165) is 16.7 Å². The Labute approximate surface area is 146 Å². The van der Waals surface area contributed by atoms with Crippen LogP contribution < -0.4 is 10.2 Å². The lowest BCUT2D eigenvalue weighted by Crippen LogP contribution is -2.41. The number of aromatic nitrogens is 2. The number of cyclic esters (lactones) is 1. The maximum Gasteiger partial charge on any atom is 0.416 e. The third-order valence-corrected chi connectivity index (χ3v) is 4.14. The maximum absolute atomic E-state index is 12.0. The summed E-state index contributed by atoms with van der Waals surface area (Å²) in [7, 11) is 0. The molecule has 1 aliphatic heterocycles. The minimum atomic E-state index is -0.389. The molecule has 0 aliphatic carbocycles. The molecule has 2 heterocycles. The van der Waals surface area contributed by atoms with E-state index in [2.05, 4.69) is 15.3 Å². The van der Waals surface area contributed by atoms with Crippen LogP contribution in [0.4, 0.5) is 16.6 Å². The van der Waals surface area contributed by atoms with Crippen LogP contribution in [0.5, 0.6) is 0 Å². The summed E-state index contributed by atoms with van der Waals surface area (Å²) in [5, 5.41) is 12.4. The van der Waals surface area contributed by atoms with Gasteiger partial charge < -0.3 is 15.2 Å². The summed E-state index contributed by atoms with van der Waals surface area (Å²) in [6, 6.07) is 7.61. The van der Waals surface area contributed by atoms with E-state index >= 15 is 0 Å². The molecule has 2 aromatic rings. The second-order valence-electron chi connectivity index (χ2n) is 6.33. The predicted octanol–water partition coefficient (Wildman–Crippen LogP) is 3.01. The quantitative estimate of drug-likeness (QED) is 0.868. The van der Waals surface area contributed by atoms with Crippen molar-refractivity contribution < 1.29 is 14.6 Å². The van der Waals surface area contributed by atoms with Crippen molar-refractivity contribution in [3.63, 3.8) is 0 Å². The van der Waals surface area contributed by atoms with Crippen LogP contribution in [0.2, 0.25) is 0 Å². The predicted molar refractivity (Wildman–Crippen MR) is 94.2 cm³/mol. The van der Waals surface area contributed by atoms with E-state index in [0.29, 0.717) is 11.8 Å². The van der Waals surface area contributed by atoms with Crippen molar-refractivity contribution in [1.29, 1.82) is 0 Å². The van der Waals surface area contributed by atoms with Crippen molar-refractivity contribution >= 4 is 17.9 Å². The Hall–Kier alpha value is -2.67. The van der Waals surface area contributed by atoms with Gasteiger partial charge in [-0.1, -0.05) is 24.3 Å². The van der Waals surface area contributed by atoms with E-state index in [4.69, 9.17) is 9.84 Å². The van der Waals surface area contributed by atoms with E-state index in [1.807, 2.05) is 45.0 Å².